The van der Waals surface area contributed by atoms with E-state index >= 15 is 0 Å². The molecule has 1 aliphatic heterocycles. The first kappa shape index (κ1) is 33.6. The van der Waals surface area contributed by atoms with Crippen LogP contribution in [-0.2, 0) is 16.1 Å². The Morgan fingerprint density at radius 1 is 1.02 bits per heavy atom. The van der Waals surface area contributed by atoms with Crippen molar-refractivity contribution < 1.29 is 19.0 Å². The van der Waals surface area contributed by atoms with Crippen molar-refractivity contribution in [3.8, 4) is 17.6 Å². The maximum Gasteiger partial charge on any atom is 0.338 e. The number of halogens is 2. The van der Waals surface area contributed by atoms with Crippen LogP contribution in [0.15, 0.2) is 106 Å². The Kier molecular flexibility index (Phi) is 10.4. The fraction of sp³-hybridized carbons (Fsp3) is 0.135. The number of nitrogens with zero attached hydrogens (tertiary/aromatic N) is 3. The van der Waals surface area contributed by atoms with Crippen LogP contribution in [0.4, 0.5) is 0 Å². The summed E-state index contributed by atoms with van der Waals surface area (Å²) in [5, 5.41) is 9.06. The molecule has 0 spiro atoms. The number of carbonyl (C=O) groups is 1. The summed E-state index contributed by atoms with van der Waals surface area (Å²) in [5.41, 5.74) is 4.35. The smallest absolute Gasteiger partial charge is 0.338 e. The minimum atomic E-state index is -0.776. The summed E-state index contributed by atoms with van der Waals surface area (Å²) in [4.78, 5) is 33.3. The van der Waals surface area contributed by atoms with Gasteiger partial charge in [0.2, 0.25) is 0 Å². The third-order valence-corrected chi connectivity index (χ3v) is 10.2. The SMILES string of the molecule is CCOC(=O)C1=C(c2ccccc2)N=c2s/c(=C\c3cc(I)c(OCc4ccc(C#N)cc4)c(I)c3)c(=O)n2[C@@H]1c1ccc(OC)cc1. The lowest BCUT2D eigenvalue weighted by Crippen LogP contribution is -2.40. The number of esters is 1. The van der Waals surface area contributed by atoms with Crippen LogP contribution in [0, 0.1) is 18.5 Å². The molecule has 0 radical (unpaired) electrons. The molecule has 48 heavy (non-hydrogen) atoms. The van der Waals surface area contributed by atoms with Crippen LogP contribution in [0.1, 0.15) is 40.8 Å². The molecule has 240 valence electrons. The van der Waals surface area contributed by atoms with Crippen LogP contribution >= 0.6 is 56.5 Å². The second-order valence-corrected chi connectivity index (χ2v) is 13.9. The Balaban J connectivity index is 1.45. The number of fused-ring (bicyclic) bond motifs is 1. The van der Waals surface area contributed by atoms with Gasteiger partial charge in [-0.15, -0.1) is 0 Å². The van der Waals surface area contributed by atoms with Gasteiger partial charge < -0.3 is 14.2 Å². The number of carbonyl (C=O) groups excluding carboxylic acids is 1. The zero-order valence-corrected chi connectivity index (χ0v) is 30.9. The molecule has 6 rings (SSSR count). The fourth-order valence-electron chi connectivity index (χ4n) is 5.33. The number of methoxy groups -OCH3 is 1. The highest BCUT2D eigenvalue weighted by Gasteiger charge is 2.35. The molecule has 4 aromatic carbocycles. The van der Waals surface area contributed by atoms with E-state index in [1.165, 1.54) is 11.3 Å². The average molecular weight is 880 g/mol. The average Bonchev–Trinajstić information content (AvgIpc) is 3.41. The van der Waals surface area contributed by atoms with Gasteiger partial charge in [-0.3, -0.25) is 9.36 Å². The zero-order chi connectivity index (χ0) is 33.8. The minimum Gasteiger partial charge on any atom is -0.497 e. The largest absolute Gasteiger partial charge is 0.497 e. The molecule has 0 amide bonds. The number of hydrogen-bond donors (Lipinski definition) is 0. The molecule has 1 aliphatic rings. The van der Waals surface area contributed by atoms with Crippen molar-refractivity contribution in [2.45, 2.75) is 19.6 Å². The summed E-state index contributed by atoms with van der Waals surface area (Å²) in [5.74, 6) is 0.866. The molecular weight excluding hydrogens is 852 g/mol. The number of thiazole rings is 1. The van der Waals surface area contributed by atoms with E-state index in [1.807, 2.05) is 84.9 Å². The molecule has 8 nitrogen and oxygen atoms in total. The maximum atomic E-state index is 14.3. The Labute approximate surface area is 307 Å². The maximum absolute atomic E-state index is 14.3. The lowest BCUT2D eigenvalue weighted by molar-refractivity contribution is -0.138. The predicted molar refractivity (Wildman–Crippen MR) is 201 cm³/mol. The summed E-state index contributed by atoms with van der Waals surface area (Å²) in [6.45, 7) is 2.28. The molecule has 0 saturated carbocycles. The summed E-state index contributed by atoms with van der Waals surface area (Å²) in [7, 11) is 1.59. The van der Waals surface area contributed by atoms with E-state index in [9.17, 15) is 9.59 Å². The number of nitriles is 1. The van der Waals surface area contributed by atoms with Gasteiger partial charge in [-0.25, -0.2) is 9.79 Å². The third kappa shape index (κ3) is 6.96. The monoisotopic (exact) mass is 879 g/mol. The normalized spacial score (nSPS) is 14.1. The van der Waals surface area contributed by atoms with Crippen LogP contribution in [-0.4, -0.2) is 24.3 Å². The summed E-state index contributed by atoms with van der Waals surface area (Å²) in [6.07, 6.45) is 1.85. The minimum absolute atomic E-state index is 0.175. The van der Waals surface area contributed by atoms with Gasteiger partial charge in [-0.2, -0.15) is 5.26 Å². The number of benzene rings is 4. The molecule has 0 aliphatic carbocycles. The molecule has 1 atom stereocenters. The van der Waals surface area contributed by atoms with Crippen LogP contribution in [0.3, 0.4) is 0 Å². The first-order valence-corrected chi connectivity index (χ1v) is 17.8. The standard InChI is InChI=1S/C37H27I2N3O5S/c1-3-46-36(44)31-32(25-7-5-4-6-8-25)41-37-42(33(31)26-13-15-27(45-2)16-14-26)35(43)30(48-37)19-24-17-28(38)34(29(39)18-24)47-21-23-11-9-22(20-40)10-12-23/h4-19,33H,3,21H2,1-2H3/b30-19-/t33-/m1/s1. The highest BCUT2D eigenvalue weighted by Crippen LogP contribution is 2.36. The first-order chi connectivity index (χ1) is 23.3. The quantitative estimate of drug-likeness (QED) is 0.122. The molecule has 0 saturated heterocycles. The molecule has 5 aromatic rings. The van der Waals surface area contributed by atoms with E-state index in [-0.39, 0.29) is 12.2 Å². The van der Waals surface area contributed by atoms with Gasteiger partial charge in [0.1, 0.15) is 18.1 Å². The molecule has 0 bridgehead atoms. The van der Waals surface area contributed by atoms with Gasteiger partial charge >= 0.3 is 5.97 Å². The van der Waals surface area contributed by atoms with Crippen molar-refractivity contribution in [1.29, 1.82) is 5.26 Å². The van der Waals surface area contributed by atoms with E-state index in [0.29, 0.717) is 38.5 Å². The van der Waals surface area contributed by atoms with Crippen molar-refractivity contribution in [2.24, 2.45) is 4.99 Å². The van der Waals surface area contributed by atoms with E-state index in [0.717, 1.165) is 35.1 Å². The van der Waals surface area contributed by atoms with E-state index < -0.39 is 12.0 Å². The van der Waals surface area contributed by atoms with Crippen LogP contribution in [0.25, 0.3) is 11.8 Å². The van der Waals surface area contributed by atoms with E-state index in [2.05, 4.69) is 51.3 Å². The lowest BCUT2D eigenvalue weighted by Gasteiger charge is -2.26. The Hall–Kier alpha value is -4.26. The van der Waals surface area contributed by atoms with Crippen LogP contribution in [0.5, 0.6) is 11.5 Å². The van der Waals surface area contributed by atoms with Crippen LogP contribution < -0.4 is 24.4 Å². The Morgan fingerprint density at radius 3 is 2.33 bits per heavy atom. The fourth-order valence-corrected chi connectivity index (χ4v) is 8.45. The van der Waals surface area contributed by atoms with Gasteiger partial charge in [0.25, 0.3) is 5.56 Å². The highest BCUT2D eigenvalue weighted by atomic mass is 127. The van der Waals surface area contributed by atoms with Gasteiger partial charge in [0.05, 0.1) is 54.3 Å². The van der Waals surface area contributed by atoms with E-state index in [4.69, 9.17) is 24.5 Å². The highest BCUT2D eigenvalue weighted by molar-refractivity contribution is 14.1. The number of aromatic nitrogens is 1. The molecule has 2 heterocycles. The second-order valence-electron chi connectivity index (χ2n) is 10.6. The Morgan fingerprint density at radius 2 is 1.71 bits per heavy atom. The summed E-state index contributed by atoms with van der Waals surface area (Å²) >= 11 is 5.75. The van der Waals surface area contributed by atoms with Gasteiger partial charge in [0.15, 0.2) is 4.80 Å². The van der Waals surface area contributed by atoms with Crippen molar-refractivity contribution in [3.05, 3.63) is 151 Å². The van der Waals surface area contributed by atoms with Crippen LogP contribution in [0.2, 0.25) is 0 Å². The van der Waals surface area contributed by atoms with Crippen molar-refractivity contribution in [1.82, 2.24) is 4.57 Å². The van der Waals surface area contributed by atoms with Gasteiger partial charge in [0, 0.05) is 5.56 Å². The topological polar surface area (TPSA) is 103 Å². The molecule has 0 N–H and O–H groups in total. The predicted octanol–water partition coefficient (Wildman–Crippen LogP) is 6.60. The first-order valence-electron chi connectivity index (χ1n) is 14.8. The van der Waals surface area contributed by atoms with Crippen molar-refractivity contribution >= 4 is 74.3 Å². The molecule has 0 unspecified atom stereocenters. The second kappa shape index (κ2) is 14.9. The third-order valence-electron chi connectivity index (χ3n) is 7.59. The molecule has 0 fully saturated rings. The number of rotatable bonds is 9. The van der Waals surface area contributed by atoms with E-state index in [1.54, 1.807) is 30.7 Å². The summed E-state index contributed by atoms with van der Waals surface area (Å²) in [6, 6.07) is 29.4. The van der Waals surface area contributed by atoms with Gasteiger partial charge in [-0.05, 0) is 111 Å². The summed E-state index contributed by atoms with van der Waals surface area (Å²) < 4.78 is 20.9. The van der Waals surface area contributed by atoms with Crippen molar-refractivity contribution in [3.63, 3.8) is 0 Å². The molecule has 1 aromatic heterocycles. The molecule has 11 heteroatoms. The number of hydrogen-bond acceptors (Lipinski definition) is 8. The van der Waals surface area contributed by atoms with Gasteiger partial charge in [-0.1, -0.05) is 65.9 Å². The van der Waals surface area contributed by atoms with Crippen molar-refractivity contribution in [2.75, 3.05) is 13.7 Å². The molecular formula is C37H27I2N3O5S. The Bertz CT molecular complexity index is 2230. The zero-order valence-electron chi connectivity index (χ0n) is 25.8. The lowest BCUT2D eigenvalue weighted by atomic mass is 9.93. The number of ether oxygens (including phenoxy) is 3.